The van der Waals surface area contributed by atoms with Crippen molar-refractivity contribution in [3.63, 3.8) is 0 Å². The minimum atomic E-state index is -0.571. The first-order valence-electron chi connectivity index (χ1n) is 6.46. The zero-order valence-electron chi connectivity index (χ0n) is 10.9. The zero-order chi connectivity index (χ0) is 15.1. The number of likely N-dealkylation sites (tertiary alicyclic amines) is 1. The number of hydrogen-bond donors (Lipinski definition) is 0. The number of benzene rings is 1. The van der Waals surface area contributed by atoms with Crippen LogP contribution in [0.1, 0.15) is 40.0 Å². The average molecular weight is 304 g/mol. The molecule has 1 aliphatic carbocycles. The SMILES string of the molecule is O=C1C(Cl)=C(N2C(=O)CCCC2=O)C(=O)c2ccccc21. The Kier molecular flexibility index (Phi) is 3.22. The number of carbonyl (C=O) groups excluding carboxylic acids is 4. The molecule has 5 nitrogen and oxygen atoms in total. The predicted octanol–water partition coefficient (Wildman–Crippen LogP) is 2.06. The maximum Gasteiger partial charge on any atom is 0.233 e. The Bertz CT molecular complexity index is 719. The fourth-order valence-electron chi connectivity index (χ4n) is 2.53. The molecule has 0 spiro atoms. The number of carbonyl (C=O) groups is 4. The van der Waals surface area contributed by atoms with Gasteiger partial charge in [0.15, 0.2) is 0 Å². The smallest absolute Gasteiger partial charge is 0.233 e. The number of rotatable bonds is 1. The summed E-state index contributed by atoms with van der Waals surface area (Å²) < 4.78 is 0. The highest BCUT2D eigenvalue weighted by atomic mass is 35.5. The Morgan fingerprint density at radius 2 is 1.38 bits per heavy atom. The number of hydrogen-bond acceptors (Lipinski definition) is 4. The molecule has 1 fully saturated rings. The van der Waals surface area contributed by atoms with Crippen LogP contribution in [0.5, 0.6) is 0 Å². The second-order valence-corrected chi connectivity index (χ2v) is 5.22. The molecule has 2 aliphatic rings. The number of Topliss-reactive ketones (excluding diaryl/α,β-unsaturated/α-hetero) is 2. The third-order valence-electron chi connectivity index (χ3n) is 3.54. The summed E-state index contributed by atoms with van der Waals surface area (Å²) in [4.78, 5) is 49.5. The number of ketones is 2. The molecule has 6 heteroatoms. The highest BCUT2D eigenvalue weighted by Crippen LogP contribution is 2.32. The molecule has 1 aliphatic heterocycles. The Labute approximate surface area is 125 Å². The number of amides is 2. The van der Waals surface area contributed by atoms with Gasteiger partial charge in [-0.15, -0.1) is 0 Å². The molecule has 1 aromatic carbocycles. The molecule has 1 heterocycles. The first kappa shape index (κ1) is 13.7. The molecule has 0 unspecified atom stereocenters. The van der Waals surface area contributed by atoms with Crippen LogP contribution in [-0.2, 0) is 9.59 Å². The van der Waals surface area contributed by atoms with E-state index in [0.29, 0.717) is 6.42 Å². The van der Waals surface area contributed by atoms with Crippen molar-refractivity contribution in [2.45, 2.75) is 19.3 Å². The number of imide groups is 1. The highest BCUT2D eigenvalue weighted by Gasteiger charge is 2.40. The van der Waals surface area contributed by atoms with Gasteiger partial charge in [-0.05, 0) is 6.42 Å². The van der Waals surface area contributed by atoms with E-state index >= 15 is 0 Å². The molecule has 106 valence electrons. The number of allylic oxidation sites excluding steroid dienone is 2. The van der Waals surface area contributed by atoms with Crippen LogP contribution in [0.4, 0.5) is 0 Å². The van der Waals surface area contributed by atoms with Gasteiger partial charge in [0.25, 0.3) is 0 Å². The van der Waals surface area contributed by atoms with Crippen LogP contribution < -0.4 is 0 Å². The van der Waals surface area contributed by atoms with Crippen molar-refractivity contribution in [1.29, 1.82) is 0 Å². The quantitative estimate of drug-likeness (QED) is 0.744. The molecule has 0 aromatic heterocycles. The topological polar surface area (TPSA) is 71.5 Å². The van der Waals surface area contributed by atoms with E-state index in [0.717, 1.165) is 4.90 Å². The Balaban J connectivity index is 2.16. The normalized spacial score (nSPS) is 19.2. The van der Waals surface area contributed by atoms with Crippen LogP contribution in [0.3, 0.4) is 0 Å². The van der Waals surface area contributed by atoms with Crippen LogP contribution in [0, 0.1) is 0 Å². The van der Waals surface area contributed by atoms with Crippen molar-refractivity contribution in [2.24, 2.45) is 0 Å². The molecule has 0 N–H and O–H groups in total. The lowest BCUT2D eigenvalue weighted by Gasteiger charge is -2.29. The molecule has 1 aromatic rings. The van der Waals surface area contributed by atoms with E-state index in [1.807, 2.05) is 0 Å². The van der Waals surface area contributed by atoms with Gasteiger partial charge >= 0.3 is 0 Å². The van der Waals surface area contributed by atoms with E-state index in [2.05, 4.69) is 0 Å². The fourth-order valence-corrected chi connectivity index (χ4v) is 2.81. The fraction of sp³-hybridized carbons (Fsp3) is 0.200. The van der Waals surface area contributed by atoms with Crippen LogP contribution in [0.15, 0.2) is 35.0 Å². The van der Waals surface area contributed by atoms with Crippen molar-refractivity contribution < 1.29 is 19.2 Å². The minimum absolute atomic E-state index is 0.155. The van der Waals surface area contributed by atoms with Gasteiger partial charge in [0.1, 0.15) is 10.7 Å². The van der Waals surface area contributed by atoms with E-state index in [1.54, 1.807) is 12.1 Å². The van der Waals surface area contributed by atoms with E-state index in [4.69, 9.17) is 11.6 Å². The van der Waals surface area contributed by atoms with Gasteiger partial charge in [-0.25, -0.2) is 4.90 Å². The molecule has 21 heavy (non-hydrogen) atoms. The summed E-state index contributed by atoms with van der Waals surface area (Å²) in [7, 11) is 0. The van der Waals surface area contributed by atoms with Crippen LogP contribution in [0.2, 0.25) is 0 Å². The van der Waals surface area contributed by atoms with Gasteiger partial charge in [0.2, 0.25) is 23.4 Å². The molecule has 3 rings (SSSR count). The van der Waals surface area contributed by atoms with Gasteiger partial charge in [-0.1, -0.05) is 35.9 Å². The Hall–Kier alpha value is -2.27. The molecule has 1 saturated heterocycles. The predicted molar refractivity (Wildman–Crippen MR) is 73.7 cm³/mol. The first-order chi connectivity index (χ1) is 10.0. The van der Waals surface area contributed by atoms with E-state index in [1.165, 1.54) is 12.1 Å². The number of halogens is 1. The first-order valence-corrected chi connectivity index (χ1v) is 6.84. The summed E-state index contributed by atoms with van der Waals surface area (Å²) in [5.74, 6) is -2.12. The van der Waals surface area contributed by atoms with E-state index in [-0.39, 0.29) is 34.7 Å². The molecule has 0 saturated carbocycles. The largest absolute Gasteiger partial charge is 0.287 e. The molecule has 0 radical (unpaired) electrons. The summed E-state index contributed by atoms with van der Waals surface area (Å²) >= 11 is 5.98. The third-order valence-corrected chi connectivity index (χ3v) is 3.89. The summed E-state index contributed by atoms with van der Waals surface area (Å²) in [6, 6.07) is 6.21. The maximum atomic E-state index is 12.5. The van der Waals surface area contributed by atoms with Gasteiger partial charge in [-0.2, -0.15) is 0 Å². The van der Waals surface area contributed by atoms with Crippen LogP contribution in [0.25, 0.3) is 0 Å². The van der Waals surface area contributed by atoms with Gasteiger partial charge in [-0.3, -0.25) is 19.2 Å². The van der Waals surface area contributed by atoms with Crippen molar-refractivity contribution >= 4 is 35.0 Å². The second-order valence-electron chi connectivity index (χ2n) is 4.84. The second kappa shape index (κ2) is 4.93. The van der Waals surface area contributed by atoms with Gasteiger partial charge < -0.3 is 0 Å². The van der Waals surface area contributed by atoms with E-state index in [9.17, 15) is 19.2 Å². The maximum absolute atomic E-state index is 12.5. The lowest BCUT2D eigenvalue weighted by atomic mass is 9.91. The lowest BCUT2D eigenvalue weighted by molar-refractivity contribution is -0.145. The molecule has 0 atom stereocenters. The van der Waals surface area contributed by atoms with Crippen molar-refractivity contribution in [2.75, 3.05) is 0 Å². The Morgan fingerprint density at radius 1 is 0.857 bits per heavy atom. The minimum Gasteiger partial charge on any atom is -0.287 e. The van der Waals surface area contributed by atoms with Crippen LogP contribution >= 0.6 is 11.6 Å². The molecular weight excluding hydrogens is 294 g/mol. The monoisotopic (exact) mass is 303 g/mol. The van der Waals surface area contributed by atoms with Crippen molar-refractivity contribution in [3.8, 4) is 0 Å². The van der Waals surface area contributed by atoms with Gasteiger partial charge in [0.05, 0.1) is 0 Å². The third kappa shape index (κ3) is 2.01. The standard InChI is InChI=1S/C15H10ClNO4/c16-12-13(17-10(18)6-3-7-11(17)19)15(21)9-5-2-1-4-8(9)14(12)20/h1-2,4-5H,3,6-7H2. The summed E-state index contributed by atoms with van der Waals surface area (Å²) in [6.07, 6.45) is 0.753. The average Bonchev–Trinajstić information content (AvgIpc) is 2.48. The van der Waals surface area contributed by atoms with E-state index < -0.39 is 23.4 Å². The lowest BCUT2D eigenvalue weighted by Crippen LogP contribution is -2.43. The summed E-state index contributed by atoms with van der Waals surface area (Å²) in [5, 5.41) is -0.373. The molecular formula is C15H10ClNO4. The zero-order valence-corrected chi connectivity index (χ0v) is 11.6. The Morgan fingerprint density at radius 3 is 1.95 bits per heavy atom. The summed E-state index contributed by atoms with van der Waals surface area (Å²) in [5.41, 5.74) is 0.0382. The number of nitrogens with zero attached hydrogens (tertiary/aromatic N) is 1. The molecule has 2 amide bonds. The van der Waals surface area contributed by atoms with Crippen molar-refractivity contribution in [1.82, 2.24) is 4.90 Å². The highest BCUT2D eigenvalue weighted by molar-refractivity contribution is 6.50. The molecule has 0 bridgehead atoms. The van der Waals surface area contributed by atoms with Crippen LogP contribution in [-0.4, -0.2) is 28.3 Å². The summed E-state index contributed by atoms with van der Waals surface area (Å²) in [6.45, 7) is 0. The van der Waals surface area contributed by atoms with Crippen molar-refractivity contribution in [3.05, 3.63) is 46.1 Å². The van der Waals surface area contributed by atoms with Gasteiger partial charge in [0, 0.05) is 24.0 Å². The number of piperidine rings is 1. The number of fused-ring (bicyclic) bond motifs is 1.